The van der Waals surface area contributed by atoms with Crippen molar-refractivity contribution in [3.63, 3.8) is 0 Å². The lowest BCUT2D eigenvalue weighted by Crippen LogP contribution is -2.02. The maximum absolute atomic E-state index is 2.42. The van der Waals surface area contributed by atoms with Gasteiger partial charge in [0.2, 0.25) is 0 Å². The van der Waals surface area contributed by atoms with Crippen LogP contribution >= 0.6 is 23.5 Å². The third-order valence-electron chi connectivity index (χ3n) is 2.37. The van der Waals surface area contributed by atoms with Crippen LogP contribution in [0.4, 0.5) is 0 Å². The molecule has 0 aromatic heterocycles. The van der Waals surface area contributed by atoms with Crippen molar-refractivity contribution < 1.29 is 0 Å². The largest absolute Gasteiger partial charge is 0.143 e. The smallest absolute Gasteiger partial charge is 0.0682 e. The van der Waals surface area contributed by atoms with Crippen LogP contribution in [0.25, 0.3) is 0 Å². The van der Waals surface area contributed by atoms with Gasteiger partial charge in [-0.3, -0.25) is 0 Å². The van der Waals surface area contributed by atoms with Gasteiger partial charge in [-0.1, -0.05) is 38.3 Å². The topological polar surface area (TPSA) is 0 Å². The number of hydrogen-bond acceptors (Lipinski definition) is 2. The summed E-state index contributed by atoms with van der Waals surface area (Å²) in [7, 11) is 0. The summed E-state index contributed by atoms with van der Waals surface area (Å²) in [6, 6.07) is 0. The molecule has 0 atom stereocenters. The van der Waals surface area contributed by atoms with Gasteiger partial charge < -0.3 is 0 Å². The van der Waals surface area contributed by atoms with Gasteiger partial charge in [0, 0.05) is 0 Å². The second-order valence-electron chi connectivity index (χ2n) is 3.74. The van der Waals surface area contributed by atoms with Crippen LogP contribution in [0.3, 0.4) is 0 Å². The molecule has 0 bridgehead atoms. The monoisotopic (exact) mass is 230 g/mol. The zero-order valence-corrected chi connectivity index (χ0v) is 10.8. The van der Waals surface area contributed by atoms with Gasteiger partial charge in [-0.25, -0.2) is 0 Å². The molecule has 1 heterocycles. The van der Waals surface area contributed by atoms with Crippen molar-refractivity contribution in [2.24, 2.45) is 0 Å². The Morgan fingerprint density at radius 1 is 1.14 bits per heavy atom. The molecule has 2 heteroatoms. The van der Waals surface area contributed by atoms with Crippen LogP contribution in [0.1, 0.15) is 45.4 Å². The highest BCUT2D eigenvalue weighted by molar-refractivity contribution is 8.17. The number of rotatable bonds is 6. The standard InChI is InChI=1S/C12H22S2/c1-2-3-4-5-6-7-9-12-13-10-8-11-14-12/h7,9,12H,2-6,8,10-11H2,1H3/b9-7-. The predicted octanol–water partition coefficient (Wildman–Crippen LogP) is 4.71. The van der Waals surface area contributed by atoms with Gasteiger partial charge in [0.25, 0.3) is 0 Å². The van der Waals surface area contributed by atoms with E-state index in [2.05, 4.69) is 42.6 Å². The molecule has 0 spiro atoms. The fraction of sp³-hybridized carbons (Fsp3) is 0.833. The molecule has 1 fully saturated rings. The molecule has 82 valence electrons. The Bertz CT molecular complexity index is 148. The van der Waals surface area contributed by atoms with E-state index >= 15 is 0 Å². The van der Waals surface area contributed by atoms with Crippen molar-refractivity contribution in [1.82, 2.24) is 0 Å². The van der Waals surface area contributed by atoms with Crippen molar-refractivity contribution >= 4 is 23.5 Å². The van der Waals surface area contributed by atoms with Crippen molar-refractivity contribution in [3.8, 4) is 0 Å². The summed E-state index contributed by atoms with van der Waals surface area (Å²) < 4.78 is 0.759. The lowest BCUT2D eigenvalue weighted by atomic mass is 10.1. The van der Waals surface area contributed by atoms with E-state index in [1.807, 2.05) is 0 Å². The second kappa shape index (κ2) is 8.72. The van der Waals surface area contributed by atoms with Crippen LogP contribution in [0, 0.1) is 0 Å². The minimum Gasteiger partial charge on any atom is -0.143 e. The lowest BCUT2D eigenvalue weighted by molar-refractivity contribution is 0.674. The third kappa shape index (κ3) is 6.02. The molecule has 0 nitrogen and oxygen atoms in total. The van der Waals surface area contributed by atoms with Crippen LogP contribution in [-0.4, -0.2) is 16.1 Å². The van der Waals surface area contributed by atoms with Gasteiger partial charge >= 0.3 is 0 Å². The Balaban J connectivity index is 1.96. The molecule has 0 N–H and O–H groups in total. The summed E-state index contributed by atoms with van der Waals surface area (Å²) in [4.78, 5) is 0. The molecule has 1 saturated heterocycles. The number of allylic oxidation sites excluding steroid dienone is 1. The van der Waals surface area contributed by atoms with E-state index < -0.39 is 0 Å². The number of thioether (sulfide) groups is 2. The van der Waals surface area contributed by atoms with E-state index in [-0.39, 0.29) is 0 Å². The van der Waals surface area contributed by atoms with Gasteiger partial charge in [-0.05, 0) is 30.8 Å². The normalized spacial score (nSPS) is 19.2. The Labute approximate surface area is 97.3 Å². The Kier molecular flexibility index (Phi) is 7.80. The first-order chi connectivity index (χ1) is 6.93. The lowest BCUT2D eigenvalue weighted by Gasteiger charge is -2.17. The van der Waals surface area contributed by atoms with Crippen molar-refractivity contribution in [1.29, 1.82) is 0 Å². The summed E-state index contributed by atoms with van der Waals surface area (Å²) in [5, 5.41) is 0. The molecule has 0 radical (unpaired) electrons. The average Bonchev–Trinajstić information content (AvgIpc) is 2.25. The second-order valence-corrected chi connectivity index (χ2v) is 6.54. The summed E-state index contributed by atoms with van der Waals surface area (Å²) >= 11 is 4.22. The van der Waals surface area contributed by atoms with Crippen LogP contribution < -0.4 is 0 Å². The molecule has 1 aliphatic heterocycles. The minimum atomic E-state index is 0.759. The predicted molar refractivity (Wildman–Crippen MR) is 71.2 cm³/mol. The van der Waals surface area contributed by atoms with E-state index in [9.17, 15) is 0 Å². The molecule has 0 aromatic carbocycles. The van der Waals surface area contributed by atoms with Gasteiger partial charge in [0.1, 0.15) is 0 Å². The fourth-order valence-corrected chi connectivity index (χ4v) is 4.19. The Morgan fingerprint density at radius 2 is 1.93 bits per heavy atom. The molecular formula is C12H22S2. The number of unbranched alkanes of at least 4 members (excludes halogenated alkanes) is 4. The summed E-state index contributed by atoms with van der Waals surface area (Å²) in [5.74, 6) is 2.72. The first-order valence-corrected chi connectivity index (χ1v) is 7.93. The van der Waals surface area contributed by atoms with Gasteiger partial charge in [0.15, 0.2) is 0 Å². The summed E-state index contributed by atoms with van der Waals surface area (Å²) in [6.45, 7) is 2.27. The molecule has 1 aliphatic rings. The van der Waals surface area contributed by atoms with E-state index in [4.69, 9.17) is 0 Å². The summed E-state index contributed by atoms with van der Waals surface area (Å²) in [5.41, 5.74) is 0. The molecule has 0 amide bonds. The van der Waals surface area contributed by atoms with E-state index in [0.717, 1.165) is 4.58 Å². The van der Waals surface area contributed by atoms with Crippen LogP contribution in [0.15, 0.2) is 12.2 Å². The SMILES string of the molecule is CCCCCC/C=C\C1SCCCS1. The average molecular weight is 230 g/mol. The third-order valence-corrected chi connectivity index (χ3v) is 5.21. The van der Waals surface area contributed by atoms with Gasteiger partial charge in [-0.2, -0.15) is 0 Å². The molecule has 1 rings (SSSR count). The highest BCUT2D eigenvalue weighted by Gasteiger charge is 2.09. The van der Waals surface area contributed by atoms with Crippen LogP contribution in [-0.2, 0) is 0 Å². The highest BCUT2D eigenvalue weighted by Crippen LogP contribution is 2.31. The molecule has 14 heavy (non-hydrogen) atoms. The fourth-order valence-electron chi connectivity index (χ4n) is 1.51. The molecule has 0 unspecified atom stereocenters. The van der Waals surface area contributed by atoms with Crippen molar-refractivity contribution in [2.45, 2.75) is 50.0 Å². The van der Waals surface area contributed by atoms with E-state index in [1.54, 1.807) is 0 Å². The zero-order chi connectivity index (χ0) is 10.1. The van der Waals surface area contributed by atoms with Crippen LogP contribution in [0.2, 0.25) is 0 Å². The maximum Gasteiger partial charge on any atom is 0.0682 e. The van der Waals surface area contributed by atoms with Gasteiger partial charge in [-0.15, -0.1) is 23.5 Å². The van der Waals surface area contributed by atoms with Crippen molar-refractivity contribution in [2.75, 3.05) is 11.5 Å². The first-order valence-electron chi connectivity index (χ1n) is 5.83. The molecular weight excluding hydrogens is 208 g/mol. The van der Waals surface area contributed by atoms with Gasteiger partial charge in [0.05, 0.1) is 4.58 Å². The van der Waals surface area contributed by atoms with Crippen molar-refractivity contribution in [3.05, 3.63) is 12.2 Å². The quantitative estimate of drug-likeness (QED) is 0.479. The van der Waals surface area contributed by atoms with E-state index in [1.165, 1.54) is 50.0 Å². The Hall–Kier alpha value is 0.440. The van der Waals surface area contributed by atoms with E-state index in [0.29, 0.717) is 0 Å². The highest BCUT2D eigenvalue weighted by atomic mass is 32.2. The maximum atomic E-state index is 2.42. The first kappa shape index (κ1) is 12.5. The molecule has 0 aliphatic carbocycles. The number of hydrogen-bond donors (Lipinski definition) is 0. The molecule has 0 aromatic rings. The van der Waals surface area contributed by atoms with Crippen LogP contribution in [0.5, 0.6) is 0 Å². The molecule has 0 saturated carbocycles. The zero-order valence-electron chi connectivity index (χ0n) is 9.21. The summed E-state index contributed by atoms with van der Waals surface area (Å²) in [6.07, 6.45) is 13.0. The minimum absolute atomic E-state index is 0.759. The Morgan fingerprint density at radius 3 is 2.64 bits per heavy atom.